The minimum atomic E-state index is -3.71. The molecule has 1 saturated heterocycles. The Morgan fingerprint density at radius 2 is 1.84 bits per heavy atom. The summed E-state index contributed by atoms with van der Waals surface area (Å²) in [7, 11) is -2.45. The van der Waals surface area contributed by atoms with Crippen LogP contribution in [0.2, 0.25) is 0 Å². The molecule has 2 heterocycles. The first-order valence-corrected chi connectivity index (χ1v) is 12.3. The molecule has 1 fully saturated rings. The lowest BCUT2D eigenvalue weighted by Crippen LogP contribution is -2.52. The molecule has 174 valence electrons. The predicted octanol–water partition coefficient (Wildman–Crippen LogP) is 2.68. The van der Waals surface area contributed by atoms with Crippen molar-refractivity contribution in [3.8, 4) is 0 Å². The van der Waals surface area contributed by atoms with Gasteiger partial charge >= 0.3 is 12.1 Å². The molecule has 3 rings (SSSR count). The fourth-order valence-corrected chi connectivity index (χ4v) is 6.18. The molecule has 0 unspecified atom stereocenters. The number of likely N-dealkylation sites (tertiary alicyclic amines) is 1. The van der Waals surface area contributed by atoms with E-state index in [-0.39, 0.29) is 44.8 Å². The second-order valence-electron chi connectivity index (χ2n) is 8.08. The highest BCUT2D eigenvalue weighted by Gasteiger charge is 2.48. The average molecular weight is 463 g/mol. The fraction of sp³-hybridized carbons (Fsp3) is 0.478. The van der Waals surface area contributed by atoms with Gasteiger partial charge in [-0.05, 0) is 30.4 Å². The number of methoxy groups -OCH3 is 1. The number of nitrogens with zero attached hydrogens (tertiary/aromatic N) is 2. The Labute approximate surface area is 189 Å². The van der Waals surface area contributed by atoms with Gasteiger partial charge in [-0.1, -0.05) is 49.1 Å². The monoisotopic (exact) mass is 462 g/mol. The van der Waals surface area contributed by atoms with E-state index < -0.39 is 27.5 Å². The van der Waals surface area contributed by atoms with Crippen molar-refractivity contribution in [3.63, 3.8) is 0 Å². The summed E-state index contributed by atoms with van der Waals surface area (Å²) in [5, 5.41) is 0. The third-order valence-electron chi connectivity index (χ3n) is 6.09. The van der Waals surface area contributed by atoms with Crippen LogP contribution in [0, 0.1) is 5.41 Å². The van der Waals surface area contributed by atoms with Gasteiger partial charge in [-0.25, -0.2) is 13.2 Å². The van der Waals surface area contributed by atoms with Crippen LogP contribution in [-0.2, 0) is 24.3 Å². The van der Waals surface area contributed by atoms with Crippen molar-refractivity contribution in [2.24, 2.45) is 5.41 Å². The number of hydrogen-bond acceptors (Lipinski definition) is 6. The van der Waals surface area contributed by atoms with Crippen molar-refractivity contribution in [2.45, 2.75) is 19.3 Å². The van der Waals surface area contributed by atoms with Crippen LogP contribution in [0.25, 0.3) is 5.57 Å². The normalized spacial score (nSPS) is 19.0. The number of sulfonamides is 1. The van der Waals surface area contributed by atoms with Gasteiger partial charge in [0.2, 0.25) is 10.0 Å². The fourth-order valence-electron chi connectivity index (χ4n) is 4.22. The number of hydrogen-bond donors (Lipinski definition) is 0. The lowest BCUT2D eigenvalue weighted by Gasteiger charge is -2.40. The number of amides is 1. The van der Waals surface area contributed by atoms with E-state index in [2.05, 4.69) is 6.58 Å². The first kappa shape index (κ1) is 24.0. The molecule has 8 nitrogen and oxygen atoms in total. The molecular formula is C23H30N2O6S. The topological polar surface area (TPSA) is 93.2 Å². The number of rotatable bonds is 7. The summed E-state index contributed by atoms with van der Waals surface area (Å²) in [4.78, 5) is 26.2. The lowest BCUT2D eigenvalue weighted by molar-refractivity contribution is -0.154. The summed E-state index contributed by atoms with van der Waals surface area (Å²) in [6.07, 6.45) is 3.91. The zero-order chi connectivity index (χ0) is 23.2. The summed E-state index contributed by atoms with van der Waals surface area (Å²) < 4.78 is 38.0. The highest BCUT2D eigenvalue weighted by Crippen LogP contribution is 2.36. The molecule has 2 aliphatic rings. The predicted molar refractivity (Wildman–Crippen MR) is 121 cm³/mol. The van der Waals surface area contributed by atoms with Gasteiger partial charge in [-0.2, -0.15) is 4.31 Å². The standard InChI is InChI=1S/C23H30N2O6S/c1-3-17-31-22(27)24-15-11-23(12-16-24,21(26)30-2)18-32(28,29)25-13-9-20(10-14-25)19-7-5-4-6-8-19/h3-9H,1,10-18H2,2H3. The number of carbonyl (C=O) groups is 2. The lowest BCUT2D eigenvalue weighted by atomic mass is 9.80. The van der Waals surface area contributed by atoms with E-state index in [4.69, 9.17) is 9.47 Å². The largest absolute Gasteiger partial charge is 0.469 e. The van der Waals surface area contributed by atoms with Crippen LogP contribution in [0.4, 0.5) is 4.79 Å². The van der Waals surface area contributed by atoms with Gasteiger partial charge in [0.05, 0.1) is 18.3 Å². The Morgan fingerprint density at radius 3 is 2.41 bits per heavy atom. The molecule has 0 bridgehead atoms. The molecule has 0 aromatic heterocycles. The number of benzene rings is 1. The molecule has 1 aromatic carbocycles. The van der Waals surface area contributed by atoms with Crippen LogP contribution in [-0.4, -0.2) is 75.3 Å². The van der Waals surface area contributed by atoms with Gasteiger partial charge in [0.25, 0.3) is 0 Å². The molecular weight excluding hydrogens is 432 g/mol. The zero-order valence-corrected chi connectivity index (χ0v) is 19.2. The highest BCUT2D eigenvalue weighted by molar-refractivity contribution is 7.89. The zero-order valence-electron chi connectivity index (χ0n) is 18.4. The maximum Gasteiger partial charge on any atom is 0.410 e. The summed E-state index contributed by atoms with van der Waals surface area (Å²) in [5.74, 6) is -0.894. The van der Waals surface area contributed by atoms with E-state index in [1.807, 2.05) is 36.4 Å². The molecule has 9 heteroatoms. The summed E-state index contributed by atoms with van der Waals surface area (Å²) in [6.45, 7) is 4.68. The van der Waals surface area contributed by atoms with Crippen LogP contribution in [0.1, 0.15) is 24.8 Å². The van der Waals surface area contributed by atoms with E-state index in [0.717, 1.165) is 11.1 Å². The van der Waals surface area contributed by atoms with E-state index in [0.29, 0.717) is 13.0 Å². The maximum atomic E-state index is 13.3. The van der Waals surface area contributed by atoms with Gasteiger partial charge in [-0.15, -0.1) is 0 Å². The molecule has 0 saturated carbocycles. The van der Waals surface area contributed by atoms with E-state index in [1.165, 1.54) is 22.4 Å². The van der Waals surface area contributed by atoms with Crippen molar-refractivity contribution < 1.29 is 27.5 Å². The Kier molecular flexibility index (Phi) is 7.73. The number of piperidine rings is 1. The van der Waals surface area contributed by atoms with Gasteiger partial charge in [-0.3, -0.25) is 4.79 Å². The molecule has 0 N–H and O–H groups in total. The van der Waals surface area contributed by atoms with Crippen molar-refractivity contribution in [1.29, 1.82) is 0 Å². The smallest absolute Gasteiger partial charge is 0.410 e. The number of ether oxygens (including phenoxy) is 2. The Hall–Kier alpha value is -2.65. The molecule has 1 aromatic rings. The van der Waals surface area contributed by atoms with Crippen molar-refractivity contribution in [1.82, 2.24) is 9.21 Å². The second kappa shape index (κ2) is 10.3. The highest BCUT2D eigenvalue weighted by atomic mass is 32.2. The minimum absolute atomic E-state index is 0.0965. The van der Waals surface area contributed by atoms with Crippen LogP contribution in [0.15, 0.2) is 49.1 Å². The quantitative estimate of drug-likeness (QED) is 0.457. The SMILES string of the molecule is C=CCOC(=O)N1CCC(CS(=O)(=O)N2CC=C(c3ccccc3)CC2)(C(=O)OC)CC1. The molecule has 2 aliphatic heterocycles. The van der Waals surface area contributed by atoms with Gasteiger partial charge in [0.1, 0.15) is 6.61 Å². The molecule has 0 aliphatic carbocycles. The van der Waals surface area contributed by atoms with Crippen LogP contribution < -0.4 is 0 Å². The average Bonchev–Trinajstić information content (AvgIpc) is 2.82. The van der Waals surface area contributed by atoms with Crippen LogP contribution >= 0.6 is 0 Å². The maximum absolute atomic E-state index is 13.3. The molecule has 1 amide bonds. The van der Waals surface area contributed by atoms with Crippen molar-refractivity contribution in [3.05, 3.63) is 54.6 Å². The molecule has 32 heavy (non-hydrogen) atoms. The minimum Gasteiger partial charge on any atom is -0.469 e. The van der Waals surface area contributed by atoms with Gasteiger partial charge in [0, 0.05) is 26.2 Å². The van der Waals surface area contributed by atoms with E-state index >= 15 is 0 Å². The molecule has 0 spiro atoms. The Bertz CT molecular complexity index is 965. The summed E-state index contributed by atoms with van der Waals surface area (Å²) in [6, 6.07) is 9.88. The van der Waals surface area contributed by atoms with Crippen LogP contribution in [0.3, 0.4) is 0 Å². The first-order valence-electron chi connectivity index (χ1n) is 10.6. The third kappa shape index (κ3) is 5.39. The number of esters is 1. The second-order valence-corrected chi connectivity index (χ2v) is 10.1. The molecule has 0 atom stereocenters. The van der Waals surface area contributed by atoms with Gasteiger partial charge in [0.15, 0.2) is 0 Å². The van der Waals surface area contributed by atoms with Crippen molar-refractivity contribution in [2.75, 3.05) is 45.6 Å². The Morgan fingerprint density at radius 1 is 1.16 bits per heavy atom. The number of carbonyl (C=O) groups excluding carboxylic acids is 2. The van der Waals surface area contributed by atoms with Crippen molar-refractivity contribution >= 4 is 27.7 Å². The Balaban J connectivity index is 1.69. The summed E-state index contributed by atoms with van der Waals surface area (Å²) in [5.41, 5.74) is 1.02. The third-order valence-corrected chi connectivity index (χ3v) is 8.13. The van der Waals surface area contributed by atoms with Crippen LogP contribution in [0.5, 0.6) is 0 Å². The first-order chi connectivity index (χ1) is 15.3. The van der Waals surface area contributed by atoms with Gasteiger partial charge < -0.3 is 14.4 Å². The van der Waals surface area contributed by atoms with E-state index in [1.54, 1.807) is 0 Å². The summed E-state index contributed by atoms with van der Waals surface area (Å²) >= 11 is 0. The van der Waals surface area contributed by atoms with E-state index in [9.17, 15) is 18.0 Å². The molecule has 0 radical (unpaired) electrons.